The number of aryl methyl sites for hydroxylation is 1. The van der Waals surface area contributed by atoms with Gasteiger partial charge in [-0.2, -0.15) is 5.10 Å². The molecule has 7 nitrogen and oxygen atoms in total. The Morgan fingerprint density at radius 3 is 2.79 bits per heavy atom. The lowest BCUT2D eigenvalue weighted by molar-refractivity contribution is 0.0591. The number of rotatable bonds is 3. The molecule has 3 aromatic heterocycles. The number of likely N-dealkylation sites (tertiary alicyclic amines) is 1. The minimum absolute atomic E-state index is 0.0450. The summed E-state index contributed by atoms with van der Waals surface area (Å²) in [4.78, 5) is 24.4. The van der Waals surface area contributed by atoms with Crippen molar-refractivity contribution in [3.8, 4) is 11.4 Å². The number of carbonyl (C=O) groups is 1. The lowest BCUT2D eigenvalue weighted by atomic mass is 10.0. The Labute approximate surface area is 168 Å². The molecule has 0 bridgehead atoms. The van der Waals surface area contributed by atoms with E-state index in [-0.39, 0.29) is 11.9 Å². The minimum Gasteiger partial charge on any atom is -0.329 e. The van der Waals surface area contributed by atoms with Crippen LogP contribution in [0, 0.1) is 0 Å². The summed E-state index contributed by atoms with van der Waals surface area (Å²) in [6, 6.07) is 15.5. The Morgan fingerprint density at radius 2 is 1.97 bits per heavy atom. The molecule has 4 aromatic rings. The fourth-order valence-corrected chi connectivity index (χ4v) is 4.14. The van der Waals surface area contributed by atoms with E-state index in [0.717, 1.165) is 41.8 Å². The number of carbonyl (C=O) groups excluding carboxylic acids is 1. The quantitative estimate of drug-likeness (QED) is 0.582. The monoisotopic (exact) mass is 386 g/mol. The third kappa shape index (κ3) is 3.08. The van der Waals surface area contributed by atoms with Gasteiger partial charge in [-0.3, -0.25) is 14.9 Å². The van der Waals surface area contributed by atoms with Gasteiger partial charge < -0.3 is 9.47 Å². The van der Waals surface area contributed by atoms with Crippen molar-refractivity contribution in [2.24, 2.45) is 7.05 Å². The number of hydrogen-bond acceptors (Lipinski definition) is 4. The minimum atomic E-state index is -0.0461. The van der Waals surface area contributed by atoms with Gasteiger partial charge in [0.25, 0.3) is 5.91 Å². The highest BCUT2D eigenvalue weighted by Crippen LogP contribution is 2.33. The highest BCUT2D eigenvalue weighted by atomic mass is 16.2. The van der Waals surface area contributed by atoms with Crippen LogP contribution < -0.4 is 0 Å². The van der Waals surface area contributed by atoms with E-state index in [0.29, 0.717) is 17.9 Å². The average molecular weight is 386 g/mol. The number of aromatic nitrogens is 5. The molecule has 0 aliphatic carbocycles. The maximum atomic E-state index is 13.4. The number of H-pyrrole nitrogens is 1. The topological polar surface area (TPSA) is 79.7 Å². The zero-order valence-corrected chi connectivity index (χ0v) is 16.2. The molecule has 1 aromatic carbocycles. The van der Waals surface area contributed by atoms with Crippen LogP contribution in [0.3, 0.4) is 0 Å². The summed E-state index contributed by atoms with van der Waals surface area (Å²) in [5, 5.41) is 7.20. The number of para-hydroxylation sites is 2. The fourth-order valence-electron chi connectivity index (χ4n) is 4.14. The number of hydrogen-bond donors (Lipinski definition) is 1. The third-order valence-corrected chi connectivity index (χ3v) is 5.62. The van der Waals surface area contributed by atoms with Crippen molar-refractivity contribution < 1.29 is 4.79 Å². The van der Waals surface area contributed by atoms with E-state index in [9.17, 15) is 4.79 Å². The van der Waals surface area contributed by atoms with Gasteiger partial charge >= 0.3 is 0 Å². The zero-order chi connectivity index (χ0) is 19.8. The molecule has 0 radical (unpaired) electrons. The predicted octanol–water partition coefficient (Wildman–Crippen LogP) is 3.73. The zero-order valence-electron chi connectivity index (χ0n) is 16.2. The first-order valence-corrected chi connectivity index (χ1v) is 9.91. The van der Waals surface area contributed by atoms with E-state index in [1.165, 1.54) is 0 Å². The van der Waals surface area contributed by atoms with E-state index in [4.69, 9.17) is 4.98 Å². The summed E-state index contributed by atoms with van der Waals surface area (Å²) in [6.45, 7) is 0.713. The van der Waals surface area contributed by atoms with Crippen molar-refractivity contribution in [1.82, 2.24) is 29.6 Å². The molecule has 1 atom stereocenters. The number of pyridine rings is 1. The Kier molecular flexibility index (Phi) is 4.35. The van der Waals surface area contributed by atoms with Crippen molar-refractivity contribution in [2.75, 3.05) is 6.54 Å². The Hall–Kier alpha value is -3.48. The maximum Gasteiger partial charge on any atom is 0.272 e. The molecular formula is C22H22N6O. The van der Waals surface area contributed by atoms with Crippen LogP contribution >= 0.6 is 0 Å². The van der Waals surface area contributed by atoms with Gasteiger partial charge in [0.05, 0.1) is 22.8 Å². The number of nitrogens with one attached hydrogen (secondary N) is 1. The number of amides is 1. The molecule has 7 heteroatoms. The second-order valence-corrected chi connectivity index (χ2v) is 7.41. The molecule has 1 aliphatic rings. The number of fused-ring (bicyclic) bond motifs is 1. The van der Waals surface area contributed by atoms with Crippen LogP contribution in [0.1, 0.15) is 41.6 Å². The lowest BCUT2D eigenvalue weighted by Crippen LogP contribution is -2.39. The second kappa shape index (κ2) is 7.16. The summed E-state index contributed by atoms with van der Waals surface area (Å²) in [5.74, 6) is 0.889. The first-order chi connectivity index (χ1) is 14.2. The van der Waals surface area contributed by atoms with Gasteiger partial charge in [0.15, 0.2) is 0 Å². The first kappa shape index (κ1) is 17.6. The van der Waals surface area contributed by atoms with Crippen molar-refractivity contribution in [3.63, 3.8) is 0 Å². The lowest BCUT2D eigenvalue weighted by Gasteiger charge is -2.35. The van der Waals surface area contributed by atoms with Crippen LogP contribution in [0.25, 0.3) is 22.4 Å². The van der Waals surface area contributed by atoms with Crippen LogP contribution in [-0.2, 0) is 7.05 Å². The molecule has 146 valence electrons. The normalized spacial score (nSPS) is 17.0. The highest BCUT2D eigenvalue weighted by Gasteiger charge is 2.32. The molecule has 0 saturated carbocycles. The van der Waals surface area contributed by atoms with Crippen molar-refractivity contribution in [1.29, 1.82) is 0 Å². The van der Waals surface area contributed by atoms with Gasteiger partial charge in [0.1, 0.15) is 17.2 Å². The van der Waals surface area contributed by atoms with Crippen LogP contribution in [0.4, 0.5) is 0 Å². The van der Waals surface area contributed by atoms with Crippen LogP contribution in [0.15, 0.2) is 54.7 Å². The van der Waals surface area contributed by atoms with Crippen LogP contribution in [0.2, 0.25) is 0 Å². The van der Waals surface area contributed by atoms with Gasteiger partial charge in [0.2, 0.25) is 0 Å². The molecule has 1 N–H and O–H groups in total. The Bertz CT molecular complexity index is 1160. The number of aromatic amines is 1. The maximum absolute atomic E-state index is 13.4. The van der Waals surface area contributed by atoms with Crippen LogP contribution in [-0.4, -0.2) is 42.1 Å². The van der Waals surface area contributed by atoms with Gasteiger partial charge in [-0.25, -0.2) is 4.98 Å². The van der Waals surface area contributed by atoms with Gasteiger partial charge in [-0.15, -0.1) is 0 Å². The summed E-state index contributed by atoms with van der Waals surface area (Å²) < 4.78 is 2.11. The molecule has 29 heavy (non-hydrogen) atoms. The molecule has 1 fully saturated rings. The standard InChI is InChI=1S/C22H22N6O/c1-27-19-10-3-2-9-16(19)24-21(27)20-11-5-7-13-28(20)22(29)18-14-17(25-26-18)15-8-4-6-12-23-15/h2-4,6,8-10,12,14,20H,5,7,11,13H2,1H3,(H,25,26)/t20-/m0/s1. The Morgan fingerprint density at radius 1 is 1.10 bits per heavy atom. The van der Waals surface area contributed by atoms with Crippen LogP contribution in [0.5, 0.6) is 0 Å². The summed E-state index contributed by atoms with van der Waals surface area (Å²) in [6.07, 6.45) is 4.70. The Balaban J connectivity index is 1.48. The van der Waals surface area contributed by atoms with E-state index in [2.05, 4.69) is 25.8 Å². The molecule has 4 heterocycles. The number of imidazole rings is 1. The molecule has 1 saturated heterocycles. The smallest absolute Gasteiger partial charge is 0.272 e. The third-order valence-electron chi connectivity index (χ3n) is 5.62. The SMILES string of the molecule is Cn1c([C@@H]2CCCCN2C(=O)c2cc(-c3ccccn3)n[nH]2)nc2ccccc21. The van der Waals surface area contributed by atoms with Crippen molar-refractivity contribution >= 4 is 16.9 Å². The summed E-state index contributed by atoms with van der Waals surface area (Å²) in [5.41, 5.74) is 3.94. The molecule has 0 spiro atoms. The van der Waals surface area contributed by atoms with Crippen molar-refractivity contribution in [3.05, 3.63) is 66.2 Å². The first-order valence-electron chi connectivity index (χ1n) is 9.91. The summed E-state index contributed by atoms with van der Waals surface area (Å²) >= 11 is 0. The molecule has 1 aliphatic heterocycles. The highest BCUT2D eigenvalue weighted by molar-refractivity contribution is 5.93. The van der Waals surface area contributed by atoms with E-state index in [1.807, 2.05) is 48.3 Å². The van der Waals surface area contributed by atoms with E-state index >= 15 is 0 Å². The number of benzene rings is 1. The average Bonchev–Trinajstić information content (AvgIpc) is 3.40. The van der Waals surface area contributed by atoms with Crippen molar-refractivity contribution in [2.45, 2.75) is 25.3 Å². The van der Waals surface area contributed by atoms with Gasteiger partial charge in [-0.05, 0) is 49.6 Å². The fraction of sp³-hybridized carbons (Fsp3) is 0.273. The summed E-state index contributed by atoms with van der Waals surface area (Å²) in [7, 11) is 2.03. The van der Waals surface area contributed by atoms with Gasteiger partial charge in [-0.1, -0.05) is 18.2 Å². The van der Waals surface area contributed by atoms with Gasteiger partial charge in [0, 0.05) is 19.8 Å². The second-order valence-electron chi connectivity index (χ2n) is 7.41. The van der Waals surface area contributed by atoms with E-state index < -0.39 is 0 Å². The molecule has 5 rings (SSSR count). The molecular weight excluding hydrogens is 364 g/mol. The molecule has 0 unspecified atom stereocenters. The number of piperidine rings is 1. The number of nitrogens with zero attached hydrogens (tertiary/aromatic N) is 5. The largest absolute Gasteiger partial charge is 0.329 e. The molecule has 1 amide bonds. The predicted molar refractivity (Wildman–Crippen MR) is 110 cm³/mol. The van der Waals surface area contributed by atoms with E-state index in [1.54, 1.807) is 12.3 Å².